The summed E-state index contributed by atoms with van der Waals surface area (Å²) in [6.45, 7) is 5.83. The van der Waals surface area contributed by atoms with Crippen molar-refractivity contribution in [3.8, 4) is 0 Å². The highest BCUT2D eigenvalue weighted by atomic mass is 16.5. The predicted octanol–water partition coefficient (Wildman–Crippen LogP) is 1.43. The van der Waals surface area contributed by atoms with Crippen LogP contribution in [-0.2, 0) is 19.1 Å². The molecule has 6 nitrogen and oxygen atoms in total. The summed E-state index contributed by atoms with van der Waals surface area (Å²) in [5, 5.41) is 9.12. The first-order valence-corrected chi connectivity index (χ1v) is 7.11. The van der Waals surface area contributed by atoms with E-state index in [-0.39, 0.29) is 12.3 Å². The fraction of sp³-hybridized carbons (Fsp3) is 0.786. The summed E-state index contributed by atoms with van der Waals surface area (Å²) < 4.78 is 5.23. The van der Waals surface area contributed by atoms with Crippen LogP contribution in [0.1, 0.15) is 46.5 Å². The first-order valence-electron chi connectivity index (χ1n) is 7.11. The molecule has 6 heteroatoms. The molecule has 0 aliphatic carbocycles. The van der Waals surface area contributed by atoms with Gasteiger partial charge in [-0.25, -0.2) is 4.79 Å². The second kappa shape index (κ2) is 7.26. The lowest BCUT2D eigenvalue weighted by molar-refractivity contribution is -0.165. The highest BCUT2D eigenvalue weighted by molar-refractivity contribution is 5.88. The van der Waals surface area contributed by atoms with E-state index in [1.165, 1.54) is 4.90 Å². The lowest BCUT2D eigenvalue weighted by Crippen LogP contribution is -2.48. The Morgan fingerprint density at radius 2 is 2.00 bits per heavy atom. The number of carbonyl (C=O) groups excluding carboxylic acids is 2. The number of rotatable bonds is 6. The van der Waals surface area contributed by atoms with Gasteiger partial charge in [-0.2, -0.15) is 0 Å². The van der Waals surface area contributed by atoms with Crippen LogP contribution in [0.5, 0.6) is 0 Å². The second-order valence-electron chi connectivity index (χ2n) is 5.43. The van der Waals surface area contributed by atoms with Crippen LogP contribution in [-0.4, -0.2) is 46.5 Å². The van der Waals surface area contributed by atoms with E-state index in [2.05, 4.69) is 0 Å². The molecule has 1 amide bonds. The standard InChI is InChI=1S/C14H23NO5/c1-4-6-11(16)20-12(9(2)3)13(17)15-8-5-7-10(15)14(18)19/h9-10,12H,4-8H2,1-3H3,(H,18,19)/t10-,12+/m0/s1. The average molecular weight is 285 g/mol. The summed E-state index contributed by atoms with van der Waals surface area (Å²) in [6, 6.07) is -0.798. The summed E-state index contributed by atoms with van der Waals surface area (Å²) in [4.78, 5) is 36.5. The molecule has 1 rings (SSSR count). The predicted molar refractivity (Wildman–Crippen MR) is 72.0 cm³/mol. The monoisotopic (exact) mass is 285 g/mol. The SMILES string of the molecule is CCCC(=O)O[C@@H](C(=O)N1CCC[C@H]1C(=O)O)C(C)C. The van der Waals surface area contributed by atoms with Crippen molar-refractivity contribution in [2.24, 2.45) is 5.92 Å². The van der Waals surface area contributed by atoms with Crippen LogP contribution in [0.25, 0.3) is 0 Å². The molecule has 0 saturated carbocycles. The zero-order chi connectivity index (χ0) is 15.3. The van der Waals surface area contributed by atoms with Crippen molar-refractivity contribution in [2.45, 2.75) is 58.6 Å². The molecule has 114 valence electrons. The molecular weight excluding hydrogens is 262 g/mol. The van der Waals surface area contributed by atoms with Gasteiger partial charge in [0.05, 0.1) is 0 Å². The molecule has 0 bridgehead atoms. The Morgan fingerprint density at radius 3 is 2.50 bits per heavy atom. The summed E-state index contributed by atoms with van der Waals surface area (Å²) in [5.41, 5.74) is 0. The lowest BCUT2D eigenvalue weighted by atomic mass is 10.1. The van der Waals surface area contributed by atoms with E-state index in [1.807, 2.05) is 6.92 Å². The average Bonchev–Trinajstić information content (AvgIpc) is 2.84. The van der Waals surface area contributed by atoms with Gasteiger partial charge in [-0.05, 0) is 25.2 Å². The number of nitrogens with zero attached hydrogens (tertiary/aromatic N) is 1. The quantitative estimate of drug-likeness (QED) is 0.746. The molecule has 1 aliphatic rings. The molecule has 2 atom stereocenters. The molecule has 0 aromatic heterocycles. The highest BCUT2D eigenvalue weighted by Gasteiger charge is 2.39. The van der Waals surface area contributed by atoms with Crippen molar-refractivity contribution in [3.63, 3.8) is 0 Å². The largest absolute Gasteiger partial charge is 0.480 e. The van der Waals surface area contributed by atoms with Gasteiger partial charge in [-0.3, -0.25) is 9.59 Å². The van der Waals surface area contributed by atoms with Crippen LogP contribution < -0.4 is 0 Å². The molecule has 0 spiro atoms. The van der Waals surface area contributed by atoms with E-state index in [1.54, 1.807) is 13.8 Å². The van der Waals surface area contributed by atoms with Crippen LogP contribution in [0.4, 0.5) is 0 Å². The summed E-state index contributed by atoms with van der Waals surface area (Å²) in [6.07, 6.45) is 1.14. The minimum Gasteiger partial charge on any atom is -0.480 e. The molecule has 1 aliphatic heterocycles. The van der Waals surface area contributed by atoms with Gasteiger partial charge in [-0.1, -0.05) is 20.8 Å². The number of likely N-dealkylation sites (tertiary alicyclic amines) is 1. The van der Waals surface area contributed by atoms with Crippen molar-refractivity contribution in [1.29, 1.82) is 0 Å². The first-order chi connectivity index (χ1) is 9.38. The van der Waals surface area contributed by atoms with Gasteiger partial charge in [0.2, 0.25) is 0 Å². The molecular formula is C14H23NO5. The fourth-order valence-corrected chi connectivity index (χ4v) is 2.33. The van der Waals surface area contributed by atoms with Crippen LogP contribution in [0.2, 0.25) is 0 Å². The van der Waals surface area contributed by atoms with Gasteiger partial charge in [0.15, 0.2) is 6.10 Å². The Kier molecular flexibility index (Phi) is 5.98. The molecule has 1 heterocycles. The minimum atomic E-state index is -1.00. The van der Waals surface area contributed by atoms with Gasteiger partial charge in [0, 0.05) is 13.0 Å². The minimum absolute atomic E-state index is 0.182. The Balaban J connectivity index is 2.78. The van der Waals surface area contributed by atoms with E-state index >= 15 is 0 Å². The molecule has 1 saturated heterocycles. The number of ether oxygens (including phenoxy) is 1. The van der Waals surface area contributed by atoms with Crippen molar-refractivity contribution in [3.05, 3.63) is 0 Å². The maximum absolute atomic E-state index is 12.4. The number of esters is 1. The Bertz CT molecular complexity index is 380. The van der Waals surface area contributed by atoms with Crippen molar-refractivity contribution in [2.75, 3.05) is 6.54 Å². The number of carboxylic acid groups (broad SMARTS) is 1. The number of aliphatic carboxylic acids is 1. The number of carboxylic acids is 1. The smallest absolute Gasteiger partial charge is 0.326 e. The summed E-state index contributed by atoms with van der Waals surface area (Å²) in [7, 11) is 0. The molecule has 1 N–H and O–H groups in total. The van der Waals surface area contributed by atoms with E-state index < -0.39 is 30.0 Å². The van der Waals surface area contributed by atoms with Gasteiger partial charge >= 0.3 is 11.9 Å². The molecule has 20 heavy (non-hydrogen) atoms. The Labute approximate surface area is 119 Å². The van der Waals surface area contributed by atoms with Crippen molar-refractivity contribution >= 4 is 17.8 Å². The summed E-state index contributed by atoms with van der Waals surface area (Å²) >= 11 is 0. The zero-order valence-electron chi connectivity index (χ0n) is 12.3. The second-order valence-corrected chi connectivity index (χ2v) is 5.43. The van der Waals surface area contributed by atoms with Gasteiger partial charge in [-0.15, -0.1) is 0 Å². The topological polar surface area (TPSA) is 83.9 Å². The third-order valence-corrected chi connectivity index (χ3v) is 3.38. The fourth-order valence-electron chi connectivity index (χ4n) is 2.33. The molecule has 0 unspecified atom stereocenters. The van der Waals surface area contributed by atoms with Gasteiger partial charge < -0.3 is 14.7 Å². The maximum Gasteiger partial charge on any atom is 0.326 e. The highest BCUT2D eigenvalue weighted by Crippen LogP contribution is 2.22. The normalized spacial score (nSPS) is 20.0. The van der Waals surface area contributed by atoms with Gasteiger partial charge in [0.25, 0.3) is 5.91 Å². The van der Waals surface area contributed by atoms with Crippen LogP contribution in [0.15, 0.2) is 0 Å². The Morgan fingerprint density at radius 1 is 1.35 bits per heavy atom. The number of amides is 1. The van der Waals surface area contributed by atoms with Crippen molar-refractivity contribution < 1.29 is 24.2 Å². The molecule has 0 aromatic rings. The third kappa shape index (κ3) is 3.95. The van der Waals surface area contributed by atoms with Crippen molar-refractivity contribution in [1.82, 2.24) is 4.90 Å². The first kappa shape index (κ1) is 16.5. The van der Waals surface area contributed by atoms with Crippen LogP contribution in [0.3, 0.4) is 0 Å². The summed E-state index contributed by atoms with van der Waals surface area (Å²) in [5.74, 6) is -1.99. The van der Waals surface area contributed by atoms with Crippen LogP contribution in [0, 0.1) is 5.92 Å². The number of hydrogen-bond donors (Lipinski definition) is 1. The van der Waals surface area contributed by atoms with E-state index in [0.717, 1.165) is 0 Å². The molecule has 0 radical (unpaired) electrons. The van der Waals surface area contributed by atoms with E-state index in [0.29, 0.717) is 25.8 Å². The number of hydrogen-bond acceptors (Lipinski definition) is 4. The van der Waals surface area contributed by atoms with Crippen LogP contribution >= 0.6 is 0 Å². The van der Waals surface area contributed by atoms with E-state index in [4.69, 9.17) is 9.84 Å². The van der Waals surface area contributed by atoms with E-state index in [9.17, 15) is 14.4 Å². The molecule has 1 fully saturated rings. The van der Waals surface area contributed by atoms with Gasteiger partial charge in [0.1, 0.15) is 6.04 Å². The Hall–Kier alpha value is -1.59. The third-order valence-electron chi connectivity index (χ3n) is 3.38. The maximum atomic E-state index is 12.4. The number of carbonyl (C=O) groups is 3. The zero-order valence-corrected chi connectivity index (χ0v) is 12.3. The molecule has 0 aromatic carbocycles. The lowest BCUT2D eigenvalue weighted by Gasteiger charge is -2.28.